The maximum absolute atomic E-state index is 13.8. The van der Waals surface area contributed by atoms with Crippen LogP contribution in [0.1, 0.15) is 29.7 Å². The van der Waals surface area contributed by atoms with Gasteiger partial charge in [0.05, 0.1) is 18.8 Å². The topological polar surface area (TPSA) is 60.0 Å². The van der Waals surface area contributed by atoms with E-state index in [1.54, 1.807) is 6.07 Å². The molecule has 0 aromatic heterocycles. The predicted octanol–water partition coefficient (Wildman–Crippen LogP) is 3.45. The number of hydrogen-bond acceptors (Lipinski definition) is 5. The van der Waals surface area contributed by atoms with Crippen molar-refractivity contribution in [2.45, 2.75) is 13.0 Å². The predicted molar refractivity (Wildman–Crippen MR) is 111 cm³/mol. The van der Waals surface area contributed by atoms with Crippen molar-refractivity contribution in [1.29, 1.82) is 0 Å². The van der Waals surface area contributed by atoms with Crippen LogP contribution in [0.2, 0.25) is 0 Å². The lowest BCUT2D eigenvalue weighted by Gasteiger charge is -2.26. The van der Waals surface area contributed by atoms with E-state index in [9.17, 15) is 9.18 Å². The number of halogens is 1. The van der Waals surface area contributed by atoms with Gasteiger partial charge in [0, 0.05) is 42.0 Å². The Labute approximate surface area is 174 Å². The summed E-state index contributed by atoms with van der Waals surface area (Å²) in [6.07, 6.45) is -0.226. The zero-order valence-electron chi connectivity index (χ0n) is 16.7. The van der Waals surface area contributed by atoms with Crippen LogP contribution >= 0.6 is 0 Å². The number of rotatable bonds is 4. The van der Waals surface area contributed by atoms with Crippen molar-refractivity contribution < 1.29 is 23.4 Å². The SMILES string of the molecule is CC1O/C(=C2/C(=O)Nc3ccc(F)cc32)c2ccc(OCCN3CCOCC3)cc21. The second kappa shape index (κ2) is 7.74. The van der Waals surface area contributed by atoms with E-state index in [0.717, 1.165) is 49.7 Å². The number of benzene rings is 2. The Morgan fingerprint density at radius 2 is 2.00 bits per heavy atom. The molecule has 2 aromatic carbocycles. The third-order valence-electron chi connectivity index (χ3n) is 5.73. The molecule has 1 amide bonds. The van der Waals surface area contributed by atoms with Crippen LogP contribution in [0.15, 0.2) is 36.4 Å². The number of anilines is 1. The Morgan fingerprint density at radius 1 is 1.17 bits per heavy atom. The summed E-state index contributed by atoms with van der Waals surface area (Å²) >= 11 is 0. The van der Waals surface area contributed by atoms with Gasteiger partial charge in [-0.15, -0.1) is 0 Å². The summed E-state index contributed by atoms with van der Waals surface area (Å²) in [5, 5.41) is 2.79. The van der Waals surface area contributed by atoms with Crippen LogP contribution in [-0.4, -0.2) is 50.3 Å². The fourth-order valence-electron chi connectivity index (χ4n) is 4.15. The van der Waals surface area contributed by atoms with Crippen molar-refractivity contribution in [2.75, 3.05) is 44.8 Å². The van der Waals surface area contributed by atoms with Gasteiger partial charge in [-0.1, -0.05) is 0 Å². The molecule has 0 aliphatic carbocycles. The lowest BCUT2D eigenvalue weighted by Crippen LogP contribution is -2.38. The zero-order chi connectivity index (χ0) is 20.7. The Bertz CT molecular complexity index is 1030. The highest BCUT2D eigenvalue weighted by Gasteiger charge is 2.35. The Kier molecular flexibility index (Phi) is 4.92. The van der Waals surface area contributed by atoms with Gasteiger partial charge in [0.15, 0.2) is 0 Å². The zero-order valence-corrected chi connectivity index (χ0v) is 16.7. The highest BCUT2D eigenvalue weighted by Crippen LogP contribution is 2.46. The number of ether oxygens (including phenoxy) is 3. The highest BCUT2D eigenvalue weighted by atomic mass is 19.1. The molecule has 3 aliphatic heterocycles. The molecule has 1 N–H and O–H groups in total. The molecule has 0 bridgehead atoms. The third-order valence-corrected chi connectivity index (χ3v) is 5.73. The highest BCUT2D eigenvalue weighted by molar-refractivity contribution is 6.36. The molecule has 2 aromatic rings. The average molecular weight is 410 g/mol. The second-order valence-corrected chi connectivity index (χ2v) is 7.66. The monoisotopic (exact) mass is 410 g/mol. The van der Waals surface area contributed by atoms with Crippen LogP contribution < -0.4 is 10.1 Å². The summed E-state index contributed by atoms with van der Waals surface area (Å²) in [5.41, 5.74) is 3.29. The quantitative estimate of drug-likeness (QED) is 0.783. The summed E-state index contributed by atoms with van der Waals surface area (Å²) in [7, 11) is 0. The van der Waals surface area contributed by atoms with Gasteiger partial charge < -0.3 is 19.5 Å². The van der Waals surface area contributed by atoms with Crippen LogP contribution in [-0.2, 0) is 14.3 Å². The number of nitrogens with one attached hydrogen (secondary N) is 1. The Hall–Kier alpha value is -2.90. The van der Waals surface area contributed by atoms with Gasteiger partial charge in [-0.05, 0) is 43.3 Å². The van der Waals surface area contributed by atoms with Crippen LogP contribution in [0.5, 0.6) is 5.75 Å². The summed E-state index contributed by atoms with van der Waals surface area (Å²) in [6, 6.07) is 10.0. The average Bonchev–Trinajstić information content (AvgIpc) is 3.24. The molecule has 1 atom stereocenters. The fraction of sp³-hybridized carbons (Fsp3) is 0.348. The number of morpholine rings is 1. The van der Waals surface area contributed by atoms with E-state index in [2.05, 4.69) is 10.2 Å². The van der Waals surface area contributed by atoms with Crippen molar-refractivity contribution in [1.82, 2.24) is 4.90 Å². The largest absolute Gasteiger partial charge is 0.492 e. The van der Waals surface area contributed by atoms with E-state index in [-0.39, 0.29) is 12.0 Å². The second-order valence-electron chi connectivity index (χ2n) is 7.66. The Balaban J connectivity index is 1.39. The van der Waals surface area contributed by atoms with Crippen LogP contribution in [0, 0.1) is 5.82 Å². The van der Waals surface area contributed by atoms with Crippen molar-refractivity contribution in [3.63, 3.8) is 0 Å². The van der Waals surface area contributed by atoms with E-state index >= 15 is 0 Å². The van der Waals surface area contributed by atoms with Crippen molar-refractivity contribution in [3.8, 4) is 5.75 Å². The minimum absolute atomic E-state index is 0.226. The lowest BCUT2D eigenvalue weighted by atomic mass is 9.99. The normalized spacial score (nSPS) is 23.0. The first-order valence-corrected chi connectivity index (χ1v) is 10.2. The summed E-state index contributed by atoms with van der Waals surface area (Å²) < 4.78 is 31.2. The summed E-state index contributed by atoms with van der Waals surface area (Å²) in [6.45, 7) is 6.78. The number of carbonyl (C=O) groups is 1. The first-order chi connectivity index (χ1) is 14.6. The molecule has 1 fully saturated rings. The molecule has 5 rings (SSSR count). The van der Waals surface area contributed by atoms with Gasteiger partial charge in [-0.2, -0.15) is 0 Å². The molecule has 156 valence electrons. The Morgan fingerprint density at radius 3 is 2.83 bits per heavy atom. The third kappa shape index (κ3) is 3.44. The number of nitrogens with zero attached hydrogens (tertiary/aromatic N) is 1. The lowest BCUT2D eigenvalue weighted by molar-refractivity contribution is -0.110. The first-order valence-electron chi connectivity index (χ1n) is 10.2. The maximum atomic E-state index is 13.8. The van der Waals surface area contributed by atoms with Gasteiger partial charge in [0.25, 0.3) is 5.91 Å². The maximum Gasteiger partial charge on any atom is 0.260 e. The molecule has 3 aliphatic rings. The molecule has 1 saturated heterocycles. The van der Waals surface area contributed by atoms with E-state index in [1.807, 2.05) is 25.1 Å². The first kappa shape index (κ1) is 19.1. The van der Waals surface area contributed by atoms with Crippen LogP contribution in [0.25, 0.3) is 11.3 Å². The minimum atomic E-state index is -0.390. The molecule has 0 saturated carbocycles. The number of fused-ring (bicyclic) bond motifs is 2. The number of hydrogen-bond donors (Lipinski definition) is 1. The van der Waals surface area contributed by atoms with E-state index in [0.29, 0.717) is 29.2 Å². The van der Waals surface area contributed by atoms with Crippen molar-refractivity contribution in [3.05, 3.63) is 58.9 Å². The fourth-order valence-corrected chi connectivity index (χ4v) is 4.15. The van der Waals surface area contributed by atoms with Gasteiger partial charge in [0.2, 0.25) is 0 Å². The van der Waals surface area contributed by atoms with Gasteiger partial charge >= 0.3 is 0 Å². The van der Waals surface area contributed by atoms with E-state index in [4.69, 9.17) is 14.2 Å². The number of carbonyl (C=O) groups excluding carboxylic acids is 1. The molecular formula is C23H23FN2O4. The molecule has 0 radical (unpaired) electrons. The standard InChI is InChI=1S/C23H23FN2O4/c1-14-18-13-16(29-11-8-26-6-9-28-10-7-26)3-4-17(18)22(30-14)21-19-12-15(24)2-5-20(19)25-23(21)27/h2-5,12-14H,6-11H2,1H3,(H,25,27)/b22-21+. The molecule has 30 heavy (non-hydrogen) atoms. The van der Waals surface area contributed by atoms with Crippen molar-refractivity contribution in [2.24, 2.45) is 0 Å². The molecule has 0 spiro atoms. The minimum Gasteiger partial charge on any atom is -0.492 e. The molecule has 1 unspecified atom stereocenters. The molecular weight excluding hydrogens is 387 g/mol. The van der Waals surface area contributed by atoms with Gasteiger partial charge in [0.1, 0.15) is 30.0 Å². The molecule has 3 heterocycles. The van der Waals surface area contributed by atoms with Gasteiger partial charge in [-0.25, -0.2) is 4.39 Å². The smallest absolute Gasteiger partial charge is 0.260 e. The number of amides is 1. The van der Waals surface area contributed by atoms with E-state index < -0.39 is 5.82 Å². The van der Waals surface area contributed by atoms with Crippen molar-refractivity contribution >= 4 is 22.9 Å². The summed E-state index contributed by atoms with van der Waals surface area (Å²) in [4.78, 5) is 14.9. The van der Waals surface area contributed by atoms with Gasteiger partial charge in [-0.3, -0.25) is 9.69 Å². The van der Waals surface area contributed by atoms with Crippen LogP contribution in [0.4, 0.5) is 10.1 Å². The molecule has 6 nitrogen and oxygen atoms in total. The summed E-state index contributed by atoms with van der Waals surface area (Å²) in [5.74, 6) is 0.584. The molecule has 7 heteroatoms. The van der Waals surface area contributed by atoms with E-state index in [1.165, 1.54) is 12.1 Å². The van der Waals surface area contributed by atoms with Crippen LogP contribution in [0.3, 0.4) is 0 Å².